The van der Waals surface area contributed by atoms with Crippen LogP contribution in [0.5, 0.6) is 0 Å². The van der Waals surface area contributed by atoms with Crippen molar-refractivity contribution in [2.75, 3.05) is 12.8 Å². The molecule has 1 aromatic rings. The van der Waals surface area contributed by atoms with Crippen LogP contribution in [0.25, 0.3) is 5.57 Å². The highest BCUT2D eigenvalue weighted by molar-refractivity contribution is 7.90. The lowest BCUT2D eigenvalue weighted by Crippen LogP contribution is -2.18. The number of allylic oxidation sites excluding steroid dienone is 2. The fraction of sp³-hybridized carbons (Fsp3) is 0.273. The van der Waals surface area contributed by atoms with E-state index < -0.39 is 26.9 Å². The van der Waals surface area contributed by atoms with Crippen molar-refractivity contribution in [3.8, 4) is 0 Å². The quantitative estimate of drug-likeness (QED) is 0.836. The Hall–Kier alpha value is -1.90. The van der Waals surface area contributed by atoms with Crippen LogP contribution in [0.15, 0.2) is 29.6 Å². The molecule has 2 rings (SSSR count). The van der Waals surface area contributed by atoms with Gasteiger partial charge in [0.1, 0.15) is 5.69 Å². The Kier molecular flexibility index (Phi) is 3.55. The van der Waals surface area contributed by atoms with Crippen molar-refractivity contribution in [1.82, 2.24) is 15.3 Å². The third-order valence-electron chi connectivity index (χ3n) is 2.46. The number of dihydropyridines is 1. The first-order valence-electron chi connectivity index (χ1n) is 5.44. The van der Waals surface area contributed by atoms with Gasteiger partial charge in [0.25, 0.3) is 0 Å². The number of hydrogen-bond donors (Lipinski definition) is 1. The molecule has 108 valence electrons. The maximum absolute atomic E-state index is 12.8. The first-order chi connectivity index (χ1) is 9.18. The lowest BCUT2D eigenvalue weighted by Gasteiger charge is -2.13. The number of hydrogen-bond acceptors (Lipinski definition) is 5. The molecular formula is C11H10F3N3O2S. The van der Waals surface area contributed by atoms with Crippen molar-refractivity contribution in [3.05, 3.63) is 35.8 Å². The van der Waals surface area contributed by atoms with Gasteiger partial charge in [-0.2, -0.15) is 13.2 Å². The summed E-state index contributed by atoms with van der Waals surface area (Å²) in [6, 6.07) is 0.737. The van der Waals surface area contributed by atoms with Gasteiger partial charge >= 0.3 is 6.18 Å². The number of nitrogens with one attached hydrogen (secondary N) is 1. The van der Waals surface area contributed by atoms with E-state index in [1.807, 2.05) is 0 Å². The third-order valence-corrected chi connectivity index (χ3v) is 3.31. The van der Waals surface area contributed by atoms with Gasteiger partial charge in [-0.3, -0.25) is 0 Å². The predicted octanol–water partition coefficient (Wildman–Crippen LogP) is 1.40. The van der Waals surface area contributed by atoms with Crippen LogP contribution in [0.4, 0.5) is 13.2 Å². The molecule has 0 aromatic carbocycles. The molecule has 1 N–H and O–H groups in total. The second-order valence-corrected chi connectivity index (χ2v) is 6.03. The zero-order chi connectivity index (χ0) is 15.0. The highest BCUT2D eigenvalue weighted by atomic mass is 32.2. The predicted molar refractivity (Wildman–Crippen MR) is 65.3 cm³/mol. The molecular weight excluding hydrogens is 295 g/mol. The van der Waals surface area contributed by atoms with Crippen LogP contribution in [0.1, 0.15) is 11.4 Å². The average Bonchev–Trinajstić information content (AvgIpc) is 2.37. The van der Waals surface area contributed by atoms with E-state index in [4.69, 9.17) is 0 Å². The van der Waals surface area contributed by atoms with Gasteiger partial charge in [-0.15, -0.1) is 0 Å². The van der Waals surface area contributed by atoms with Crippen LogP contribution < -0.4 is 5.32 Å². The van der Waals surface area contributed by atoms with E-state index in [9.17, 15) is 21.6 Å². The summed E-state index contributed by atoms with van der Waals surface area (Å²) in [4.78, 5) is 6.78. The lowest BCUT2D eigenvalue weighted by atomic mass is 10.1. The van der Waals surface area contributed by atoms with E-state index >= 15 is 0 Å². The molecule has 1 aliphatic heterocycles. The van der Waals surface area contributed by atoms with E-state index in [1.54, 1.807) is 18.4 Å². The van der Waals surface area contributed by atoms with Crippen LogP contribution in [0, 0.1) is 0 Å². The zero-order valence-electron chi connectivity index (χ0n) is 10.3. The highest BCUT2D eigenvalue weighted by Crippen LogP contribution is 2.30. The number of rotatable bonds is 2. The Labute approximate surface area is 113 Å². The van der Waals surface area contributed by atoms with Gasteiger partial charge in [0.2, 0.25) is 15.0 Å². The molecule has 0 bridgehead atoms. The molecule has 1 aliphatic rings. The van der Waals surface area contributed by atoms with Crippen LogP contribution in [0.3, 0.4) is 0 Å². The van der Waals surface area contributed by atoms with E-state index in [0.717, 1.165) is 12.3 Å². The van der Waals surface area contributed by atoms with E-state index in [0.29, 0.717) is 5.57 Å². The van der Waals surface area contributed by atoms with Crippen LogP contribution in [0.2, 0.25) is 0 Å². The summed E-state index contributed by atoms with van der Waals surface area (Å²) in [7, 11) is -3.93. The van der Waals surface area contributed by atoms with Gasteiger partial charge in [0.05, 0.1) is 5.69 Å². The number of alkyl halides is 3. The molecule has 0 spiro atoms. The SMILES string of the molecule is CS(=O)(=O)c1nc(C2=CC=CNC2)cc(C(F)(F)F)n1. The summed E-state index contributed by atoms with van der Waals surface area (Å²) in [5.74, 6) is 0. The smallest absolute Gasteiger partial charge is 0.387 e. The minimum atomic E-state index is -4.74. The molecule has 5 nitrogen and oxygen atoms in total. The molecule has 1 aromatic heterocycles. The molecule has 20 heavy (non-hydrogen) atoms. The Bertz CT molecular complexity index is 693. The first kappa shape index (κ1) is 14.5. The molecule has 0 saturated carbocycles. The average molecular weight is 305 g/mol. The monoisotopic (exact) mass is 305 g/mol. The Morgan fingerprint density at radius 3 is 2.50 bits per heavy atom. The maximum atomic E-state index is 12.8. The topological polar surface area (TPSA) is 72.0 Å². The molecule has 0 radical (unpaired) electrons. The van der Waals surface area contributed by atoms with Crippen molar-refractivity contribution < 1.29 is 21.6 Å². The van der Waals surface area contributed by atoms with Crippen molar-refractivity contribution in [3.63, 3.8) is 0 Å². The van der Waals surface area contributed by atoms with Crippen molar-refractivity contribution >= 4 is 15.4 Å². The maximum Gasteiger partial charge on any atom is 0.433 e. The highest BCUT2D eigenvalue weighted by Gasteiger charge is 2.35. The van der Waals surface area contributed by atoms with Crippen molar-refractivity contribution in [2.24, 2.45) is 0 Å². The van der Waals surface area contributed by atoms with Crippen molar-refractivity contribution in [1.29, 1.82) is 0 Å². The van der Waals surface area contributed by atoms with Crippen molar-refractivity contribution in [2.45, 2.75) is 11.3 Å². The van der Waals surface area contributed by atoms with E-state index in [-0.39, 0.29) is 12.2 Å². The summed E-state index contributed by atoms with van der Waals surface area (Å²) >= 11 is 0. The Morgan fingerprint density at radius 2 is 2.00 bits per heavy atom. The number of aromatic nitrogens is 2. The van der Waals surface area contributed by atoms with Gasteiger partial charge in [-0.1, -0.05) is 6.08 Å². The van der Waals surface area contributed by atoms with E-state index in [1.165, 1.54) is 0 Å². The number of sulfone groups is 1. The second-order valence-electron chi connectivity index (χ2n) is 4.12. The Morgan fingerprint density at radius 1 is 1.30 bits per heavy atom. The van der Waals surface area contributed by atoms with Crippen LogP contribution >= 0.6 is 0 Å². The minimum absolute atomic E-state index is 0.0652. The summed E-state index contributed by atoms with van der Waals surface area (Å²) in [5, 5.41) is 1.97. The standard InChI is InChI=1S/C11H10F3N3O2S/c1-20(18,19)10-16-8(7-3-2-4-15-6-7)5-9(17-10)11(12,13)14/h2-5,15H,6H2,1H3. The molecule has 2 heterocycles. The minimum Gasteiger partial charge on any atom is -0.387 e. The summed E-state index contributed by atoms with van der Waals surface area (Å²) in [6.45, 7) is 0.258. The summed E-state index contributed by atoms with van der Waals surface area (Å²) in [5.41, 5.74) is -0.895. The molecule has 0 saturated heterocycles. The van der Waals surface area contributed by atoms with E-state index in [2.05, 4.69) is 15.3 Å². The van der Waals surface area contributed by atoms with Crippen LogP contribution in [-0.4, -0.2) is 31.2 Å². The lowest BCUT2D eigenvalue weighted by molar-refractivity contribution is -0.141. The summed E-state index contributed by atoms with van der Waals surface area (Å²) < 4.78 is 61.1. The largest absolute Gasteiger partial charge is 0.433 e. The Balaban J connectivity index is 2.63. The fourth-order valence-electron chi connectivity index (χ4n) is 1.54. The number of nitrogens with zero attached hydrogens (tertiary/aromatic N) is 2. The first-order valence-corrected chi connectivity index (χ1v) is 7.33. The molecule has 0 amide bonds. The number of halogens is 3. The molecule has 9 heteroatoms. The van der Waals surface area contributed by atoms with Gasteiger partial charge in [0, 0.05) is 12.8 Å². The summed E-state index contributed by atoms with van der Waals surface area (Å²) in [6.07, 6.45) is 0.793. The second kappa shape index (κ2) is 4.89. The molecule has 0 unspecified atom stereocenters. The van der Waals surface area contributed by atoms with Gasteiger partial charge in [-0.25, -0.2) is 18.4 Å². The molecule has 0 atom stereocenters. The zero-order valence-corrected chi connectivity index (χ0v) is 11.1. The fourth-order valence-corrected chi connectivity index (χ4v) is 2.07. The van der Waals surface area contributed by atoms with Gasteiger partial charge < -0.3 is 5.32 Å². The third kappa shape index (κ3) is 3.16. The normalized spacial score (nSPS) is 15.7. The molecule has 0 fully saturated rings. The van der Waals surface area contributed by atoms with Gasteiger partial charge in [-0.05, 0) is 23.9 Å². The van der Waals surface area contributed by atoms with Gasteiger partial charge in [0.15, 0.2) is 0 Å². The van der Waals surface area contributed by atoms with Crippen LogP contribution in [-0.2, 0) is 16.0 Å². The molecule has 0 aliphatic carbocycles.